The van der Waals surface area contributed by atoms with Crippen LogP contribution in [0.25, 0.3) is 0 Å². The molecule has 0 aromatic heterocycles. The van der Waals surface area contributed by atoms with Crippen molar-refractivity contribution in [1.29, 1.82) is 0 Å². The molecular weight excluding hydrogens is 186 g/mol. The summed E-state index contributed by atoms with van der Waals surface area (Å²) >= 11 is 0. The summed E-state index contributed by atoms with van der Waals surface area (Å²) in [5, 5.41) is 0. The van der Waals surface area contributed by atoms with Gasteiger partial charge in [0, 0.05) is 36.7 Å². The highest BCUT2D eigenvalue weighted by Crippen LogP contribution is 2.23. The zero-order valence-electron chi connectivity index (χ0n) is 9.11. The topological polar surface area (TPSA) is 32.5 Å². The maximum atomic E-state index is 5.77. The summed E-state index contributed by atoms with van der Waals surface area (Å²) in [6, 6.07) is 7.96. The van der Waals surface area contributed by atoms with Crippen molar-refractivity contribution in [2.75, 3.05) is 37.3 Å². The molecule has 3 heteroatoms. The van der Waals surface area contributed by atoms with Gasteiger partial charge >= 0.3 is 0 Å². The van der Waals surface area contributed by atoms with Crippen LogP contribution in [-0.2, 0) is 0 Å². The number of hydrogen-bond donors (Lipinski definition) is 1. The van der Waals surface area contributed by atoms with Crippen LogP contribution in [0, 0.1) is 0 Å². The highest BCUT2D eigenvalue weighted by molar-refractivity contribution is 5.59. The number of nitrogens with two attached hydrogens (primary N) is 1. The lowest BCUT2D eigenvalue weighted by molar-refractivity contribution is 0.341. The van der Waals surface area contributed by atoms with E-state index in [2.05, 4.69) is 29.5 Å². The fourth-order valence-electron chi connectivity index (χ4n) is 1.91. The van der Waals surface area contributed by atoms with E-state index in [9.17, 15) is 0 Å². The molecular formula is C12H17N3. The Balaban J connectivity index is 2.20. The van der Waals surface area contributed by atoms with E-state index in [4.69, 9.17) is 5.73 Å². The molecule has 1 aromatic carbocycles. The molecule has 2 rings (SSSR count). The van der Waals surface area contributed by atoms with Gasteiger partial charge in [-0.1, -0.05) is 12.6 Å². The molecule has 1 aromatic rings. The molecule has 1 aliphatic heterocycles. The van der Waals surface area contributed by atoms with Gasteiger partial charge in [-0.05, 0) is 25.2 Å². The first-order chi connectivity index (χ1) is 7.16. The Morgan fingerprint density at radius 2 is 2.13 bits per heavy atom. The zero-order chi connectivity index (χ0) is 10.8. The quantitative estimate of drug-likeness (QED) is 0.703. The highest BCUT2D eigenvalue weighted by atomic mass is 15.3. The Hall–Kier alpha value is -1.48. The summed E-state index contributed by atoms with van der Waals surface area (Å²) in [7, 11) is 2.11. The van der Waals surface area contributed by atoms with Crippen LogP contribution < -0.4 is 10.6 Å². The van der Waals surface area contributed by atoms with Crippen molar-refractivity contribution in [2.24, 2.45) is 0 Å². The number of hydrogen-bond acceptors (Lipinski definition) is 3. The SMILES string of the molecule is C=C1CN(C)CCN1c1cccc(N)c1. The second kappa shape index (κ2) is 3.95. The minimum absolute atomic E-state index is 0.805. The Bertz CT molecular complexity index is 373. The van der Waals surface area contributed by atoms with Gasteiger partial charge in [-0.2, -0.15) is 0 Å². The van der Waals surface area contributed by atoms with Gasteiger partial charge in [0.05, 0.1) is 0 Å². The maximum absolute atomic E-state index is 5.77. The van der Waals surface area contributed by atoms with E-state index in [-0.39, 0.29) is 0 Å². The van der Waals surface area contributed by atoms with Crippen molar-refractivity contribution >= 4 is 11.4 Å². The molecule has 0 bridgehead atoms. The van der Waals surface area contributed by atoms with Gasteiger partial charge in [-0.25, -0.2) is 0 Å². The van der Waals surface area contributed by atoms with E-state index in [0.29, 0.717) is 0 Å². The van der Waals surface area contributed by atoms with Crippen molar-refractivity contribution in [3.05, 3.63) is 36.5 Å². The number of anilines is 2. The molecule has 0 saturated carbocycles. The number of rotatable bonds is 1. The van der Waals surface area contributed by atoms with Crippen molar-refractivity contribution in [3.8, 4) is 0 Å². The molecule has 15 heavy (non-hydrogen) atoms. The Morgan fingerprint density at radius 3 is 2.80 bits per heavy atom. The molecule has 0 amide bonds. The van der Waals surface area contributed by atoms with E-state index in [1.54, 1.807) is 0 Å². The van der Waals surface area contributed by atoms with Crippen LogP contribution in [0.4, 0.5) is 11.4 Å². The van der Waals surface area contributed by atoms with Crippen LogP contribution in [0.5, 0.6) is 0 Å². The summed E-state index contributed by atoms with van der Waals surface area (Å²) in [5.41, 5.74) is 8.86. The monoisotopic (exact) mass is 203 g/mol. The summed E-state index contributed by atoms with van der Waals surface area (Å²) in [6.07, 6.45) is 0. The first-order valence-electron chi connectivity index (χ1n) is 5.16. The first kappa shape index (κ1) is 10.1. The molecule has 0 spiro atoms. The van der Waals surface area contributed by atoms with Crippen LogP contribution in [0.3, 0.4) is 0 Å². The lowest BCUT2D eigenvalue weighted by atomic mass is 10.2. The molecule has 1 aliphatic rings. The number of nitrogens with zero attached hydrogens (tertiary/aromatic N) is 2. The van der Waals surface area contributed by atoms with Crippen molar-refractivity contribution in [1.82, 2.24) is 4.90 Å². The fraction of sp³-hybridized carbons (Fsp3) is 0.333. The zero-order valence-corrected chi connectivity index (χ0v) is 9.11. The minimum Gasteiger partial charge on any atom is -0.399 e. The van der Waals surface area contributed by atoms with E-state index < -0.39 is 0 Å². The molecule has 0 unspecified atom stereocenters. The van der Waals surface area contributed by atoms with Crippen molar-refractivity contribution < 1.29 is 0 Å². The average molecular weight is 203 g/mol. The first-order valence-corrected chi connectivity index (χ1v) is 5.16. The number of benzene rings is 1. The fourth-order valence-corrected chi connectivity index (χ4v) is 1.91. The summed E-state index contributed by atoms with van der Waals surface area (Å²) in [4.78, 5) is 4.50. The van der Waals surface area contributed by atoms with Gasteiger partial charge in [0.1, 0.15) is 0 Å². The largest absolute Gasteiger partial charge is 0.399 e. The van der Waals surface area contributed by atoms with Crippen LogP contribution >= 0.6 is 0 Å². The van der Waals surface area contributed by atoms with Crippen molar-refractivity contribution in [2.45, 2.75) is 0 Å². The molecule has 2 N–H and O–H groups in total. The summed E-state index contributed by atoms with van der Waals surface area (Å²) in [5.74, 6) is 0. The van der Waals surface area contributed by atoms with Crippen LogP contribution in [0.15, 0.2) is 36.5 Å². The molecule has 1 saturated heterocycles. The van der Waals surface area contributed by atoms with Crippen LogP contribution in [0.2, 0.25) is 0 Å². The lowest BCUT2D eigenvalue weighted by Crippen LogP contribution is -2.42. The van der Waals surface area contributed by atoms with Gasteiger partial charge in [0.15, 0.2) is 0 Å². The number of piperazine rings is 1. The standard InChI is InChI=1S/C12H17N3/c1-10-9-14(2)6-7-15(10)12-5-3-4-11(13)8-12/h3-5,8H,1,6-7,9,13H2,2H3. The number of nitrogen functional groups attached to an aromatic ring is 1. The lowest BCUT2D eigenvalue weighted by Gasteiger charge is -2.36. The normalized spacial score (nSPS) is 18.2. The van der Waals surface area contributed by atoms with Crippen LogP contribution in [0.1, 0.15) is 0 Å². The van der Waals surface area contributed by atoms with Crippen molar-refractivity contribution in [3.63, 3.8) is 0 Å². The van der Waals surface area contributed by atoms with Crippen LogP contribution in [-0.4, -0.2) is 31.6 Å². The molecule has 0 radical (unpaired) electrons. The minimum atomic E-state index is 0.805. The maximum Gasteiger partial charge on any atom is 0.0429 e. The third kappa shape index (κ3) is 2.13. The Kier molecular flexibility index (Phi) is 2.64. The molecule has 0 aliphatic carbocycles. The average Bonchev–Trinajstić information content (AvgIpc) is 2.17. The van der Waals surface area contributed by atoms with E-state index >= 15 is 0 Å². The third-order valence-electron chi connectivity index (χ3n) is 2.72. The summed E-state index contributed by atoms with van der Waals surface area (Å²) < 4.78 is 0. The second-order valence-electron chi connectivity index (χ2n) is 4.05. The molecule has 3 nitrogen and oxygen atoms in total. The van der Waals surface area contributed by atoms with Gasteiger partial charge in [-0.3, -0.25) is 4.90 Å². The highest BCUT2D eigenvalue weighted by Gasteiger charge is 2.17. The molecule has 0 atom stereocenters. The number of likely N-dealkylation sites (N-methyl/N-ethyl adjacent to an activating group) is 1. The second-order valence-corrected chi connectivity index (χ2v) is 4.05. The van der Waals surface area contributed by atoms with E-state index in [1.807, 2.05) is 18.2 Å². The Labute approximate surface area is 90.8 Å². The molecule has 1 heterocycles. The van der Waals surface area contributed by atoms with Gasteiger partial charge in [-0.15, -0.1) is 0 Å². The third-order valence-corrected chi connectivity index (χ3v) is 2.72. The van der Waals surface area contributed by atoms with Gasteiger partial charge in [0.25, 0.3) is 0 Å². The van der Waals surface area contributed by atoms with E-state index in [0.717, 1.165) is 36.7 Å². The smallest absolute Gasteiger partial charge is 0.0429 e. The predicted molar refractivity (Wildman–Crippen MR) is 64.8 cm³/mol. The van der Waals surface area contributed by atoms with Gasteiger partial charge in [0.2, 0.25) is 0 Å². The molecule has 80 valence electrons. The summed E-state index contributed by atoms with van der Waals surface area (Å²) in [6.45, 7) is 7.07. The molecule has 1 fully saturated rings. The van der Waals surface area contributed by atoms with E-state index in [1.165, 1.54) is 0 Å². The predicted octanol–water partition coefficient (Wildman–Crippen LogP) is 1.53. The Morgan fingerprint density at radius 1 is 1.33 bits per heavy atom. The van der Waals surface area contributed by atoms with Gasteiger partial charge < -0.3 is 10.6 Å².